The molecule has 1 N–H and O–H groups in total. The molecule has 0 fully saturated rings. The summed E-state index contributed by atoms with van der Waals surface area (Å²) in [5, 5.41) is 9.87. The second-order valence-corrected chi connectivity index (χ2v) is 7.39. The fourth-order valence-corrected chi connectivity index (χ4v) is 3.69. The number of nitrogens with one attached hydrogen (secondary N) is 1. The number of anilines is 1. The summed E-state index contributed by atoms with van der Waals surface area (Å²) in [6.45, 7) is 2.06. The third kappa shape index (κ3) is 4.18. The van der Waals surface area contributed by atoms with Gasteiger partial charge in [0, 0.05) is 23.6 Å². The number of thiazole rings is 1. The van der Waals surface area contributed by atoms with Crippen molar-refractivity contribution in [3.8, 4) is 16.9 Å². The van der Waals surface area contributed by atoms with Crippen molar-refractivity contribution in [3.05, 3.63) is 83.5 Å². The SMILES string of the molecule is Cc1ccccc1-c1csc(NC(=O)CCc2cnn(-c3ccccc3)c2)n1. The summed E-state index contributed by atoms with van der Waals surface area (Å²) in [5.74, 6) is -0.0434. The molecule has 28 heavy (non-hydrogen) atoms. The predicted octanol–water partition coefficient (Wildman–Crippen LogP) is 4.88. The van der Waals surface area contributed by atoms with Crippen LogP contribution in [0, 0.1) is 6.92 Å². The molecule has 0 radical (unpaired) electrons. The zero-order valence-corrected chi connectivity index (χ0v) is 16.3. The number of para-hydroxylation sites is 1. The Morgan fingerprint density at radius 3 is 2.71 bits per heavy atom. The number of aromatic nitrogens is 3. The molecule has 0 aliphatic heterocycles. The Balaban J connectivity index is 1.34. The van der Waals surface area contributed by atoms with Crippen molar-refractivity contribution in [2.75, 3.05) is 5.32 Å². The van der Waals surface area contributed by atoms with E-state index in [1.165, 1.54) is 16.9 Å². The molecule has 0 spiro atoms. The van der Waals surface area contributed by atoms with E-state index in [4.69, 9.17) is 0 Å². The summed E-state index contributed by atoms with van der Waals surface area (Å²) in [7, 11) is 0. The lowest BCUT2D eigenvalue weighted by Gasteiger charge is -2.02. The van der Waals surface area contributed by atoms with E-state index >= 15 is 0 Å². The van der Waals surface area contributed by atoms with Crippen LogP contribution in [0.25, 0.3) is 16.9 Å². The highest BCUT2D eigenvalue weighted by molar-refractivity contribution is 7.14. The van der Waals surface area contributed by atoms with Crippen LogP contribution in [0.5, 0.6) is 0 Å². The Morgan fingerprint density at radius 1 is 1.11 bits per heavy atom. The van der Waals surface area contributed by atoms with Crippen LogP contribution in [0.3, 0.4) is 0 Å². The van der Waals surface area contributed by atoms with Gasteiger partial charge in [-0.3, -0.25) is 4.79 Å². The molecule has 0 bridgehead atoms. The van der Waals surface area contributed by atoms with Crippen molar-refractivity contribution < 1.29 is 4.79 Å². The minimum atomic E-state index is -0.0434. The minimum Gasteiger partial charge on any atom is -0.302 e. The van der Waals surface area contributed by atoms with E-state index in [1.54, 1.807) is 6.20 Å². The minimum absolute atomic E-state index is 0.0434. The first-order valence-corrected chi connectivity index (χ1v) is 9.97. The summed E-state index contributed by atoms with van der Waals surface area (Å²) in [6, 6.07) is 18.0. The van der Waals surface area contributed by atoms with Crippen LogP contribution in [-0.4, -0.2) is 20.7 Å². The number of amides is 1. The van der Waals surface area contributed by atoms with Crippen molar-refractivity contribution >= 4 is 22.4 Å². The third-order valence-electron chi connectivity index (χ3n) is 4.47. The van der Waals surface area contributed by atoms with Gasteiger partial charge in [0.05, 0.1) is 17.6 Å². The monoisotopic (exact) mass is 388 g/mol. The van der Waals surface area contributed by atoms with Crippen LogP contribution >= 0.6 is 11.3 Å². The molecule has 1 amide bonds. The molecule has 2 aromatic heterocycles. The number of aryl methyl sites for hydroxylation is 2. The molecule has 4 aromatic rings. The maximum absolute atomic E-state index is 12.3. The van der Waals surface area contributed by atoms with Crippen LogP contribution in [0.4, 0.5) is 5.13 Å². The molecule has 140 valence electrons. The normalized spacial score (nSPS) is 10.8. The quantitative estimate of drug-likeness (QED) is 0.512. The van der Waals surface area contributed by atoms with Gasteiger partial charge in [-0.15, -0.1) is 11.3 Å². The highest BCUT2D eigenvalue weighted by atomic mass is 32.1. The van der Waals surface area contributed by atoms with Crippen molar-refractivity contribution in [2.24, 2.45) is 0 Å². The van der Waals surface area contributed by atoms with E-state index in [0.717, 1.165) is 22.5 Å². The summed E-state index contributed by atoms with van der Waals surface area (Å²) >= 11 is 1.44. The molecular formula is C22H20N4OS. The predicted molar refractivity (Wildman–Crippen MR) is 113 cm³/mol. The van der Waals surface area contributed by atoms with Crippen molar-refractivity contribution in [1.82, 2.24) is 14.8 Å². The third-order valence-corrected chi connectivity index (χ3v) is 5.23. The van der Waals surface area contributed by atoms with Crippen LogP contribution in [0.15, 0.2) is 72.4 Å². The lowest BCUT2D eigenvalue weighted by molar-refractivity contribution is -0.116. The van der Waals surface area contributed by atoms with Gasteiger partial charge in [-0.05, 0) is 36.6 Å². The molecule has 0 saturated carbocycles. The van der Waals surface area contributed by atoms with E-state index in [2.05, 4.69) is 28.4 Å². The Kier molecular flexibility index (Phi) is 5.30. The molecule has 0 aliphatic carbocycles. The topological polar surface area (TPSA) is 59.8 Å². The van der Waals surface area contributed by atoms with E-state index < -0.39 is 0 Å². The molecule has 2 heterocycles. The van der Waals surface area contributed by atoms with Gasteiger partial charge in [0.2, 0.25) is 5.91 Å². The van der Waals surface area contributed by atoms with Gasteiger partial charge >= 0.3 is 0 Å². The number of rotatable bonds is 6. The van der Waals surface area contributed by atoms with Crippen LogP contribution in [-0.2, 0) is 11.2 Å². The Hall–Kier alpha value is -3.25. The maximum Gasteiger partial charge on any atom is 0.226 e. The van der Waals surface area contributed by atoms with Gasteiger partial charge in [-0.25, -0.2) is 9.67 Å². The van der Waals surface area contributed by atoms with Gasteiger partial charge in [-0.2, -0.15) is 5.10 Å². The van der Waals surface area contributed by atoms with E-state index in [1.807, 2.05) is 64.8 Å². The van der Waals surface area contributed by atoms with Gasteiger partial charge in [-0.1, -0.05) is 42.5 Å². The fourth-order valence-electron chi connectivity index (χ4n) is 2.97. The molecule has 5 nitrogen and oxygen atoms in total. The molecule has 0 atom stereocenters. The van der Waals surface area contributed by atoms with E-state index in [0.29, 0.717) is 18.0 Å². The van der Waals surface area contributed by atoms with Crippen LogP contribution in [0.2, 0.25) is 0 Å². The number of carbonyl (C=O) groups is 1. The largest absolute Gasteiger partial charge is 0.302 e. The van der Waals surface area contributed by atoms with Crippen molar-refractivity contribution in [2.45, 2.75) is 19.8 Å². The first kappa shape index (κ1) is 18.1. The average molecular weight is 388 g/mol. The summed E-state index contributed by atoms with van der Waals surface area (Å²) in [4.78, 5) is 16.9. The number of nitrogens with zero attached hydrogens (tertiary/aromatic N) is 3. The summed E-state index contributed by atoms with van der Waals surface area (Å²) < 4.78 is 1.82. The average Bonchev–Trinajstić information content (AvgIpc) is 3.37. The van der Waals surface area contributed by atoms with E-state index in [-0.39, 0.29) is 5.91 Å². The maximum atomic E-state index is 12.3. The zero-order valence-electron chi connectivity index (χ0n) is 15.5. The highest BCUT2D eigenvalue weighted by Crippen LogP contribution is 2.27. The summed E-state index contributed by atoms with van der Waals surface area (Å²) in [5.41, 5.74) is 5.18. The first-order valence-electron chi connectivity index (χ1n) is 9.09. The second kappa shape index (κ2) is 8.19. The molecule has 0 aliphatic rings. The molecule has 2 aromatic carbocycles. The van der Waals surface area contributed by atoms with Gasteiger partial charge in [0.1, 0.15) is 0 Å². The Labute approximate surface area is 167 Å². The number of hydrogen-bond donors (Lipinski definition) is 1. The first-order chi connectivity index (χ1) is 13.7. The molecule has 6 heteroatoms. The van der Waals surface area contributed by atoms with Crippen molar-refractivity contribution in [1.29, 1.82) is 0 Å². The number of hydrogen-bond acceptors (Lipinski definition) is 4. The Bertz CT molecular complexity index is 1080. The number of benzene rings is 2. The highest BCUT2D eigenvalue weighted by Gasteiger charge is 2.10. The summed E-state index contributed by atoms with van der Waals surface area (Å²) in [6.07, 6.45) is 4.79. The smallest absolute Gasteiger partial charge is 0.226 e. The molecular weight excluding hydrogens is 368 g/mol. The van der Waals surface area contributed by atoms with E-state index in [9.17, 15) is 4.79 Å². The zero-order chi connectivity index (χ0) is 19.3. The lowest BCUT2D eigenvalue weighted by Crippen LogP contribution is -2.12. The fraction of sp³-hybridized carbons (Fsp3) is 0.136. The Morgan fingerprint density at radius 2 is 1.89 bits per heavy atom. The van der Waals surface area contributed by atoms with Crippen LogP contribution in [0.1, 0.15) is 17.5 Å². The van der Waals surface area contributed by atoms with Gasteiger partial charge < -0.3 is 5.32 Å². The number of carbonyl (C=O) groups excluding carboxylic acids is 1. The van der Waals surface area contributed by atoms with Crippen molar-refractivity contribution in [3.63, 3.8) is 0 Å². The van der Waals surface area contributed by atoms with Gasteiger partial charge in [0.25, 0.3) is 0 Å². The van der Waals surface area contributed by atoms with Crippen LogP contribution < -0.4 is 5.32 Å². The molecule has 4 rings (SSSR count). The second-order valence-electron chi connectivity index (χ2n) is 6.53. The molecule has 0 saturated heterocycles. The van der Waals surface area contributed by atoms with Gasteiger partial charge in [0.15, 0.2) is 5.13 Å². The standard InChI is InChI=1S/C22H20N4OS/c1-16-7-5-6-10-19(16)20-15-28-22(24-20)25-21(27)12-11-17-13-23-26(14-17)18-8-3-2-4-9-18/h2-10,13-15H,11-12H2,1H3,(H,24,25,27). The molecule has 0 unspecified atom stereocenters. The lowest BCUT2D eigenvalue weighted by atomic mass is 10.1.